The van der Waals surface area contributed by atoms with Gasteiger partial charge in [0.2, 0.25) is 10.0 Å². The van der Waals surface area contributed by atoms with Crippen LogP contribution in [0.5, 0.6) is 0 Å². The van der Waals surface area contributed by atoms with Crippen LogP contribution < -0.4 is 4.90 Å². The number of carbonyl (C=O) groups is 1. The predicted octanol–water partition coefficient (Wildman–Crippen LogP) is 2.98. The third kappa shape index (κ3) is 5.20. The Hall–Kier alpha value is -2.49. The van der Waals surface area contributed by atoms with E-state index in [2.05, 4.69) is 0 Å². The van der Waals surface area contributed by atoms with E-state index < -0.39 is 15.6 Å². The van der Waals surface area contributed by atoms with Gasteiger partial charge < -0.3 is 14.5 Å². The first-order chi connectivity index (χ1) is 15.5. The number of morpholine rings is 1. The fourth-order valence-corrected chi connectivity index (χ4v) is 6.04. The van der Waals surface area contributed by atoms with Gasteiger partial charge in [0.05, 0.1) is 16.6 Å². The molecule has 0 N–H and O–H groups in total. The van der Waals surface area contributed by atoms with Crippen LogP contribution in [0.2, 0.25) is 0 Å². The first kappa shape index (κ1) is 23.7. The Labute approximate surface area is 194 Å². The number of nitrogens with zero attached hydrogens (tertiary/aromatic N) is 3. The molecular weight excluding hydrogens is 445 g/mol. The molecule has 2 aliphatic heterocycles. The van der Waals surface area contributed by atoms with E-state index >= 15 is 0 Å². The lowest BCUT2D eigenvalue weighted by molar-refractivity contribution is -0.118. The second kappa shape index (κ2) is 9.04. The molecule has 7 nitrogen and oxygen atoms in total. The lowest BCUT2D eigenvalue weighted by Crippen LogP contribution is -2.53. The summed E-state index contributed by atoms with van der Waals surface area (Å²) >= 11 is 0. The van der Waals surface area contributed by atoms with Gasteiger partial charge in [0.1, 0.15) is 5.82 Å². The summed E-state index contributed by atoms with van der Waals surface area (Å²) in [6.45, 7) is 8.34. The van der Waals surface area contributed by atoms with Crippen LogP contribution in [0, 0.1) is 5.82 Å². The molecule has 2 saturated heterocycles. The number of amides is 1. The predicted molar refractivity (Wildman–Crippen MR) is 124 cm³/mol. The number of benzene rings is 2. The van der Waals surface area contributed by atoms with Crippen LogP contribution in [-0.4, -0.2) is 74.5 Å². The number of hydrogen-bond donors (Lipinski definition) is 0. The second-order valence-corrected chi connectivity index (χ2v) is 11.2. The van der Waals surface area contributed by atoms with Crippen molar-refractivity contribution in [2.45, 2.75) is 37.4 Å². The number of piperazine rings is 1. The molecule has 2 aromatic rings. The number of carbonyl (C=O) groups excluding carboxylic acids is 1. The topological polar surface area (TPSA) is 70.2 Å². The molecule has 0 spiro atoms. The van der Waals surface area contributed by atoms with Crippen molar-refractivity contribution in [1.82, 2.24) is 9.21 Å². The van der Waals surface area contributed by atoms with Crippen molar-refractivity contribution in [3.63, 3.8) is 0 Å². The summed E-state index contributed by atoms with van der Waals surface area (Å²) in [5.74, 6) is -0.499. The molecule has 0 saturated carbocycles. The molecule has 2 heterocycles. The normalized spacial score (nSPS) is 21.8. The van der Waals surface area contributed by atoms with Crippen LogP contribution in [0.3, 0.4) is 0 Å². The Balaban J connectivity index is 1.47. The van der Waals surface area contributed by atoms with Gasteiger partial charge in [0, 0.05) is 50.5 Å². The third-order valence-corrected chi connectivity index (χ3v) is 7.90. The quantitative estimate of drug-likeness (QED) is 0.680. The summed E-state index contributed by atoms with van der Waals surface area (Å²) in [6.07, 6.45) is -0.0954. The monoisotopic (exact) mass is 475 g/mol. The van der Waals surface area contributed by atoms with Gasteiger partial charge in [-0.3, -0.25) is 4.79 Å². The van der Waals surface area contributed by atoms with E-state index in [1.165, 1.54) is 28.6 Å². The van der Waals surface area contributed by atoms with Crippen molar-refractivity contribution in [3.8, 4) is 0 Å². The van der Waals surface area contributed by atoms with E-state index in [9.17, 15) is 17.6 Å². The van der Waals surface area contributed by atoms with E-state index in [0.717, 1.165) is 5.69 Å². The Bertz CT molecular complexity index is 1110. The maximum atomic E-state index is 13.3. The third-order valence-electron chi connectivity index (χ3n) is 6.01. The van der Waals surface area contributed by atoms with Crippen LogP contribution in [-0.2, 0) is 14.8 Å². The summed E-state index contributed by atoms with van der Waals surface area (Å²) in [6, 6.07) is 12.5. The van der Waals surface area contributed by atoms with Crippen LogP contribution in [0.15, 0.2) is 53.4 Å². The standard InChI is InChI=1S/C24H30FN3O4S/c1-18-16-27(17-24(2,3)32-18)23(29)19-5-4-6-22(15-19)33(30,31)28-13-11-26(12-14-28)21-9-7-20(25)8-10-21/h4-10,15,18H,11-14,16-17H2,1-3H3. The minimum Gasteiger partial charge on any atom is -0.369 e. The fraction of sp³-hybridized carbons (Fsp3) is 0.458. The summed E-state index contributed by atoms with van der Waals surface area (Å²) in [7, 11) is -3.74. The van der Waals surface area contributed by atoms with Crippen molar-refractivity contribution >= 4 is 21.6 Å². The van der Waals surface area contributed by atoms with Gasteiger partial charge in [-0.2, -0.15) is 4.31 Å². The summed E-state index contributed by atoms with van der Waals surface area (Å²) < 4.78 is 47.1. The van der Waals surface area contributed by atoms with E-state index in [0.29, 0.717) is 44.8 Å². The Morgan fingerprint density at radius 1 is 1.06 bits per heavy atom. The molecule has 2 aromatic carbocycles. The smallest absolute Gasteiger partial charge is 0.254 e. The number of sulfonamides is 1. The van der Waals surface area contributed by atoms with E-state index in [1.54, 1.807) is 29.2 Å². The first-order valence-corrected chi connectivity index (χ1v) is 12.6. The lowest BCUT2D eigenvalue weighted by atomic mass is 10.0. The molecule has 178 valence electrons. The zero-order chi connectivity index (χ0) is 23.8. The van der Waals surface area contributed by atoms with Gasteiger partial charge in [-0.05, 0) is 63.2 Å². The van der Waals surface area contributed by atoms with E-state index in [-0.39, 0.29) is 22.7 Å². The van der Waals surface area contributed by atoms with Crippen LogP contribution in [0.1, 0.15) is 31.1 Å². The number of ether oxygens (including phenoxy) is 1. The average Bonchev–Trinajstić information content (AvgIpc) is 2.78. The molecule has 1 amide bonds. The fourth-order valence-electron chi connectivity index (χ4n) is 4.57. The number of hydrogen-bond acceptors (Lipinski definition) is 5. The average molecular weight is 476 g/mol. The van der Waals surface area contributed by atoms with Gasteiger partial charge in [-0.25, -0.2) is 12.8 Å². The Morgan fingerprint density at radius 3 is 2.36 bits per heavy atom. The van der Waals surface area contributed by atoms with Crippen molar-refractivity contribution in [2.24, 2.45) is 0 Å². The van der Waals surface area contributed by atoms with Crippen molar-refractivity contribution in [1.29, 1.82) is 0 Å². The number of anilines is 1. The molecule has 2 aliphatic rings. The molecule has 2 fully saturated rings. The molecule has 0 radical (unpaired) electrons. The minimum absolute atomic E-state index is 0.0954. The summed E-state index contributed by atoms with van der Waals surface area (Å²) in [5, 5.41) is 0. The molecule has 4 rings (SSSR count). The highest BCUT2D eigenvalue weighted by molar-refractivity contribution is 7.89. The molecule has 0 bridgehead atoms. The molecule has 33 heavy (non-hydrogen) atoms. The Kier molecular flexibility index (Phi) is 6.48. The van der Waals surface area contributed by atoms with E-state index in [4.69, 9.17) is 4.74 Å². The van der Waals surface area contributed by atoms with Gasteiger partial charge in [-0.15, -0.1) is 0 Å². The van der Waals surface area contributed by atoms with Gasteiger partial charge in [0.15, 0.2) is 0 Å². The van der Waals surface area contributed by atoms with Crippen molar-refractivity contribution < 1.29 is 22.3 Å². The largest absolute Gasteiger partial charge is 0.369 e. The lowest BCUT2D eigenvalue weighted by Gasteiger charge is -2.41. The molecule has 0 aromatic heterocycles. The highest BCUT2D eigenvalue weighted by Gasteiger charge is 2.35. The maximum absolute atomic E-state index is 13.3. The Morgan fingerprint density at radius 2 is 1.73 bits per heavy atom. The molecule has 1 atom stereocenters. The highest BCUT2D eigenvalue weighted by atomic mass is 32.2. The van der Waals surface area contributed by atoms with Crippen molar-refractivity contribution in [3.05, 3.63) is 59.9 Å². The zero-order valence-electron chi connectivity index (χ0n) is 19.2. The van der Waals surface area contributed by atoms with Crippen LogP contribution in [0.4, 0.5) is 10.1 Å². The number of rotatable bonds is 4. The SMILES string of the molecule is CC1CN(C(=O)c2cccc(S(=O)(=O)N3CCN(c4ccc(F)cc4)CC3)c2)CC(C)(C)O1. The second-order valence-electron chi connectivity index (χ2n) is 9.27. The molecule has 9 heteroatoms. The molecule has 0 aliphatic carbocycles. The van der Waals surface area contributed by atoms with Crippen molar-refractivity contribution in [2.75, 3.05) is 44.2 Å². The molecular formula is C24H30FN3O4S. The summed E-state index contributed by atoms with van der Waals surface area (Å²) in [5.41, 5.74) is 0.760. The summed E-state index contributed by atoms with van der Waals surface area (Å²) in [4.78, 5) is 17.0. The number of halogens is 1. The van der Waals surface area contributed by atoms with E-state index in [1.807, 2.05) is 25.7 Å². The highest BCUT2D eigenvalue weighted by Crippen LogP contribution is 2.25. The molecule has 1 unspecified atom stereocenters. The van der Waals surface area contributed by atoms with Crippen LogP contribution in [0.25, 0.3) is 0 Å². The minimum atomic E-state index is -3.74. The first-order valence-electron chi connectivity index (χ1n) is 11.1. The van der Waals surface area contributed by atoms with Gasteiger partial charge in [0.25, 0.3) is 5.91 Å². The van der Waals surface area contributed by atoms with Gasteiger partial charge >= 0.3 is 0 Å². The van der Waals surface area contributed by atoms with Gasteiger partial charge in [-0.1, -0.05) is 6.07 Å². The maximum Gasteiger partial charge on any atom is 0.254 e. The van der Waals surface area contributed by atoms with Crippen LogP contribution >= 0.6 is 0 Å². The zero-order valence-corrected chi connectivity index (χ0v) is 20.0.